The van der Waals surface area contributed by atoms with Gasteiger partial charge in [-0.15, -0.1) is 0 Å². The SMILES string of the molecule is O=CCCOCCOCCOCCOCCC1OCCO1. The van der Waals surface area contributed by atoms with E-state index < -0.39 is 0 Å². The molecular weight excluding hydrogens is 280 g/mol. The second kappa shape index (κ2) is 14.4. The molecule has 0 N–H and O–H groups in total. The molecule has 0 radical (unpaired) electrons. The molecule has 0 aromatic heterocycles. The summed E-state index contributed by atoms with van der Waals surface area (Å²) in [6.45, 7) is 5.61. The van der Waals surface area contributed by atoms with Crippen molar-refractivity contribution in [3.05, 3.63) is 0 Å². The van der Waals surface area contributed by atoms with E-state index in [0.717, 1.165) is 12.7 Å². The van der Waals surface area contributed by atoms with E-state index >= 15 is 0 Å². The zero-order chi connectivity index (χ0) is 15.0. The second-order valence-corrected chi connectivity index (χ2v) is 4.36. The van der Waals surface area contributed by atoms with Gasteiger partial charge >= 0.3 is 0 Å². The van der Waals surface area contributed by atoms with Crippen molar-refractivity contribution in [2.45, 2.75) is 19.1 Å². The monoisotopic (exact) mass is 306 g/mol. The fourth-order valence-electron chi connectivity index (χ4n) is 1.65. The number of ether oxygens (including phenoxy) is 6. The molecule has 21 heavy (non-hydrogen) atoms. The quantitative estimate of drug-likeness (QED) is 0.320. The molecule has 1 saturated heterocycles. The first-order valence-electron chi connectivity index (χ1n) is 7.41. The number of carbonyl (C=O) groups is 1. The average molecular weight is 306 g/mol. The predicted molar refractivity (Wildman–Crippen MR) is 74.3 cm³/mol. The van der Waals surface area contributed by atoms with Crippen molar-refractivity contribution in [2.24, 2.45) is 0 Å². The highest BCUT2D eigenvalue weighted by Gasteiger charge is 2.14. The number of carbonyl (C=O) groups excluding carboxylic acids is 1. The number of rotatable bonds is 15. The van der Waals surface area contributed by atoms with Gasteiger partial charge in [-0.25, -0.2) is 0 Å². The van der Waals surface area contributed by atoms with Gasteiger partial charge in [-0.05, 0) is 0 Å². The van der Waals surface area contributed by atoms with Crippen LogP contribution in [0.5, 0.6) is 0 Å². The van der Waals surface area contributed by atoms with Gasteiger partial charge in [0.25, 0.3) is 0 Å². The maximum atomic E-state index is 10.0. The average Bonchev–Trinajstić information content (AvgIpc) is 3.01. The molecule has 0 aromatic rings. The summed E-state index contributed by atoms with van der Waals surface area (Å²) >= 11 is 0. The smallest absolute Gasteiger partial charge is 0.160 e. The van der Waals surface area contributed by atoms with Crippen molar-refractivity contribution >= 4 is 6.29 Å². The van der Waals surface area contributed by atoms with Crippen molar-refractivity contribution in [1.82, 2.24) is 0 Å². The fourth-order valence-corrected chi connectivity index (χ4v) is 1.65. The van der Waals surface area contributed by atoms with E-state index in [0.29, 0.717) is 72.5 Å². The molecule has 1 aliphatic heterocycles. The highest BCUT2D eigenvalue weighted by molar-refractivity contribution is 5.49. The molecular formula is C14H26O7. The van der Waals surface area contributed by atoms with Crippen LogP contribution in [-0.4, -0.2) is 78.6 Å². The van der Waals surface area contributed by atoms with Gasteiger partial charge in [0.05, 0.1) is 66.1 Å². The number of hydrogen-bond acceptors (Lipinski definition) is 7. The lowest BCUT2D eigenvalue weighted by atomic mass is 10.4. The van der Waals surface area contributed by atoms with E-state index in [-0.39, 0.29) is 6.29 Å². The normalized spacial score (nSPS) is 15.6. The Bertz CT molecular complexity index is 231. The Morgan fingerprint density at radius 1 is 0.762 bits per heavy atom. The first-order valence-corrected chi connectivity index (χ1v) is 7.41. The molecule has 0 saturated carbocycles. The van der Waals surface area contributed by atoms with E-state index in [9.17, 15) is 4.79 Å². The molecule has 0 amide bonds. The molecule has 0 unspecified atom stereocenters. The lowest BCUT2D eigenvalue weighted by Crippen LogP contribution is -2.14. The van der Waals surface area contributed by atoms with Crippen LogP contribution >= 0.6 is 0 Å². The molecule has 1 heterocycles. The summed E-state index contributed by atoms with van der Waals surface area (Å²) in [5.74, 6) is 0. The third-order valence-corrected chi connectivity index (χ3v) is 2.68. The van der Waals surface area contributed by atoms with Crippen LogP contribution < -0.4 is 0 Å². The van der Waals surface area contributed by atoms with Crippen LogP contribution in [0.1, 0.15) is 12.8 Å². The zero-order valence-corrected chi connectivity index (χ0v) is 12.5. The molecule has 7 heteroatoms. The molecule has 0 spiro atoms. The molecule has 124 valence electrons. The first kappa shape index (κ1) is 18.5. The first-order chi connectivity index (χ1) is 10.4. The summed E-state index contributed by atoms with van der Waals surface area (Å²) in [4.78, 5) is 10.0. The highest BCUT2D eigenvalue weighted by Crippen LogP contribution is 2.07. The van der Waals surface area contributed by atoms with Crippen molar-refractivity contribution < 1.29 is 33.2 Å². The lowest BCUT2D eigenvalue weighted by Gasteiger charge is -2.09. The van der Waals surface area contributed by atoms with Crippen LogP contribution in [-0.2, 0) is 33.2 Å². The fraction of sp³-hybridized carbons (Fsp3) is 0.929. The Labute approximate surface area is 125 Å². The van der Waals surface area contributed by atoms with Crippen LogP contribution in [0.15, 0.2) is 0 Å². The molecule has 0 bridgehead atoms. The summed E-state index contributed by atoms with van der Waals surface area (Å²) < 4.78 is 31.8. The van der Waals surface area contributed by atoms with Gasteiger partial charge in [-0.2, -0.15) is 0 Å². The Morgan fingerprint density at radius 2 is 1.24 bits per heavy atom. The number of hydrogen-bond donors (Lipinski definition) is 0. The molecule has 0 aliphatic carbocycles. The van der Waals surface area contributed by atoms with Crippen molar-refractivity contribution in [3.63, 3.8) is 0 Å². The van der Waals surface area contributed by atoms with Gasteiger partial charge in [0, 0.05) is 12.8 Å². The minimum absolute atomic E-state index is 0.104. The summed E-state index contributed by atoms with van der Waals surface area (Å²) in [7, 11) is 0. The van der Waals surface area contributed by atoms with Gasteiger partial charge in [-0.3, -0.25) is 0 Å². The molecule has 0 atom stereocenters. The third kappa shape index (κ3) is 11.7. The van der Waals surface area contributed by atoms with Crippen LogP contribution in [0, 0.1) is 0 Å². The Hall–Kier alpha value is -0.570. The Balaban J connectivity index is 1.66. The molecule has 7 nitrogen and oxygen atoms in total. The standard InChI is InChI=1S/C14H26O7/c15-3-1-4-16-6-8-18-10-11-19-9-7-17-5-2-14-20-12-13-21-14/h3,14H,1-2,4-13H2. The van der Waals surface area contributed by atoms with Crippen LogP contribution in [0.2, 0.25) is 0 Å². The Kier molecular flexibility index (Phi) is 12.6. The molecule has 1 aliphatic rings. The molecule has 1 rings (SSSR count). The predicted octanol–water partition coefficient (Wildman–Crippen LogP) is 0.405. The van der Waals surface area contributed by atoms with Crippen LogP contribution in [0.4, 0.5) is 0 Å². The van der Waals surface area contributed by atoms with Crippen molar-refractivity contribution in [1.29, 1.82) is 0 Å². The largest absolute Gasteiger partial charge is 0.379 e. The van der Waals surface area contributed by atoms with Gasteiger partial charge in [0.1, 0.15) is 6.29 Å². The van der Waals surface area contributed by atoms with Crippen molar-refractivity contribution in [2.75, 3.05) is 66.1 Å². The second-order valence-electron chi connectivity index (χ2n) is 4.36. The van der Waals surface area contributed by atoms with Gasteiger partial charge in [-0.1, -0.05) is 0 Å². The third-order valence-electron chi connectivity index (χ3n) is 2.68. The van der Waals surface area contributed by atoms with E-state index in [1.165, 1.54) is 0 Å². The Morgan fingerprint density at radius 3 is 1.76 bits per heavy atom. The highest BCUT2D eigenvalue weighted by atomic mass is 16.7. The summed E-state index contributed by atoms with van der Waals surface area (Å²) in [6.07, 6.45) is 1.92. The minimum atomic E-state index is -0.104. The molecule has 0 aromatic carbocycles. The minimum Gasteiger partial charge on any atom is -0.379 e. The van der Waals surface area contributed by atoms with E-state index in [2.05, 4.69) is 0 Å². The maximum absolute atomic E-state index is 10.0. The lowest BCUT2D eigenvalue weighted by molar-refractivity contribution is -0.109. The van der Waals surface area contributed by atoms with Gasteiger partial charge in [0.15, 0.2) is 6.29 Å². The van der Waals surface area contributed by atoms with E-state index in [1.807, 2.05) is 0 Å². The van der Waals surface area contributed by atoms with Gasteiger partial charge < -0.3 is 33.2 Å². The van der Waals surface area contributed by atoms with Crippen LogP contribution in [0.25, 0.3) is 0 Å². The van der Waals surface area contributed by atoms with Gasteiger partial charge in [0.2, 0.25) is 0 Å². The summed E-state index contributed by atoms with van der Waals surface area (Å²) in [5.41, 5.74) is 0. The summed E-state index contributed by atoms with van der Waals surface area (Å²) in [5, 5.41) is 0. The van der Waals surface area contributed by atoms with Crippen LogP contribution in [0.3, 0.4) is 0 Å². The maximum Gasteiger partial charge on any atom is 0.160 e. The zero-order valence-electron chi connectivity index (χ0n) is 12.5. The summed E-state index contributed by atoms with van der Waals surface area (Å²) in [6, 6.07) is 0. The topological polar surface area (TPSA) is 72.5 Å². The van der Waals surface area contributed by atoms with E-state index in [1.54, 1.807) is 0 Å². The number of aldehydes is 1. The van der Waals surface area contributed by atoms with Crippen molar-refractivity contribution in [3.8, 4) is 0 Å². The van der Waals surface area contributed by atoms with E-state index in [4.69, 9.17) is 28.4 Å². The molecule has 1 fully saturated rings.